The van der Waals surface area contributed by atoms with Crippen LogP contribution >= 0.6 is 22.6 Å². The molecule has 0 radical (unpaired) electrons. The van der Waals surface area contributed by atoms with E-state index in [2.05, 4.69) is 34.0 Å². The van der Waals surface area contributed by atoms with Crippen LogP contribution in [-0.2, 0) is 16.0 Å². The Morgan fingerprint density at radius 3 is 2.55 bits per heavy atom. The number of hydrogen-bond donors (Lipinski definition) is 1. The normalized spacial score (nSPS) is 16.3. The fourth-order valence-corrected chi connectivity index (χ4v) is 4.04. The number of benzene rings is 2. The third-order valence-corrected chi connectivity index (χ3v) is 6.02. The number of halogens is 1. The molecule has 0 aromatic heterocycles. The van der Waals surface area contributed by atoms with Crippen LogP contribution in [0.1, 0.15) is 30.0 Å². The van der Waals surface area contributed by atoms with E-state index in [-0.39, 0.29) is 18.2 Å². The summed E-state index contributed by atoms with van der Waals surface area (Å²) in [7, 11) is 3.04. The summed E-state index contributed by atoms with van der Waals surface area (Å²) in [5, 5.41) is 12.4. The minimum Gasteiger partial charge on any atom is -0.493 e. The van der Waals surface area contributed by atoms with Crippen LogP contribution in [0.15, 0.2) is 42.5 Å². The van der Waals surface area contributed by atoms with Crippen LogP contribution in [-0.4, -0.2) is 43.5 Å². The van der Waals surface area contributed by atoms with Crippen molar-refractivity contribution < 1.29 is 19.1 Å². The standard InChI is InChI=1S/C23H24IN3O4/c1-30-20-10-7-16(13-21(20)31-2)18(14-25)26-23(29)19-4-3-11-27(19)22(28)12-15-5-8-17(24)9-6-15/h5-10,13,18-19H,3-4,11-12H2,1-2H3,(H,26,29)/t18?,19-/m0/s1. The molecule has 2 aromatic carbocycles. The molecule has 2 atom stereocenters. The Bertz CT molecular complexity index is 987. The molecule has 2 aromatic rings. The van der Waals surface area contributed by atoms with Gasteiger partial charge in [0.05, 0.1) is 26.7 Å². The maximum Gasteiger partial charge on any atom is 0.244 e. The maximum atomic E-state index is 13.0. The zero-order valence-electron chi connectivity index (χ0n) is 17.4. The van der Waals surface area contributed by atoms with E-state index in [1.165, 1.54) is 14.2 Å². The van der Waals surface area contributed by atoms with Gasteiger partial charge in [-0.15, -0.1) is 0 Å². The molecule has 31 heavy (non-hydrogen) atoms. The van der Waals surface area contributed by atoms with Gasteiger partial charge in [-0.2, -0.15) is 5.26 Å². The summed E-state index contributed by atoms with van der Waals surface area (Å²) < 4.78 is 11.6. The third-order valence-electron chi connectivity index (χ3n) is 5.30. The van der Waals surface area contributed by atoms with Crippen molar-refractivity contribution in [3.8, 4) is 17.6 Å². The first-order valence-electron chi connectivity index (χ1n) is 9.92. The first-order chi connectivity index (χ1) is 15.0. The Labute approximate surface area is 195 Å². The second-order valence-corrected chi connectivity index (χ2v) is 8.48. The minimum atomic E-state index is -0.860. The molecule has 1 fully saturated rings. The fourth-order valence-electron chi connectivity index (χ4n) is 3.68. The number of nitriles is 1. The lowest BCUT2D eigenvalue weighted by molar-refractivity contribution is -0.138. The van der Waals surface area contributed by atoms with E-state index in [0.717, 1.165) is 15.6 Å². The molecule has 1 unspecified atom stereocenters. The number of amides is 2. The Balaban J connectivity index is 1.69. The average molecular weight is 533 g/mol. The summed E-state index contributed by atoms with van der Waals surface area (Å²) in [4.78, 5) is 27.4. The number of nitrogens with zero attached hydrogens (tertiary/aromatic N) is 2. The average Bonchev–Trinajstić information content (AvgIpc) is 3.28. The maximum absolute atomic E-state index is 13.0. The summed E-state index contributed by atoms with van der Waals surface area (Å²) in [5.74, 6) is 0.607. The highest BCUT2D eigenvalue weighted by Crippen LogP contribution is 2.30. The van der Waals surface area contributed by atoms with Crippen LogP contribution in [0.4, 0.5) is 0 Å². The molecule has 1 heterocycles. The predicted molar refractivity (Wildman–Crippen MR) is 124 cm³/mol. The Hall–Kier alpha value is -2.80. The predicted octanol–water partition coefficient (Wildman–Crippen LogP) is 3.22. The Morgan fingerprint density at radius 1 is 1.19 bits per heavy atom. The smallest absolute Gasteiger partial charge is 0.244 e. The van der Waals surface area contributed by atoms with Gasteiger partial charge in [-0.25, -0.2) is 0 Å². The van der Waals surface area contributed by atoms with Gasteiger partial charge in [-0.1, -0.05) is 18.2 Å². The van der Waals surface area contributed by atoms with Gasteiger partial charge in [-0.3, -0.25) is 9.59 Å². The van der Waals surface area contributed by atoms with Crippen LogP contribution in [0.5, 0.6) is 11.5 Å². The van der Waals surface area contributed by atoms with Crippen molar-refractivity contribution in [3.05, 3.63) is 57.2 Å². The van der Waals surface area contributed by atoms with Crippen LogP contribution in [0.25, 0.3) is 0 Å². The van der Waals surface area contributed by atoms with Crippen molar-refractivity contribution in [1.82, 2.24) is 10.2 Å². The van der Waals surface area contributed by atoms with Crippen molar-refractivity contribution in [3.63, 3.8) is 0 Å². The molecule has 1 aliphatic rings. The van der Waals surface area contributed by atoms with E-state index in [4.69, 9.17) is 9.47 Å². The molecule has 0 spiro atoms. The van der Waals surface area contributed by atoms with E-state index >= 15 is 0 Å². The lowest BCUT2D eigenvalue weighted by atomic mass is 10.1. The number of hydrogen-bond acceptors (Lipinski definition) is 5. The highest BCUT2D eigenvalue weighted by molar-refractivity contribution is 14.1. The highest BCUT2D eigenvalue weighted by atomic mass is 127. The first kappa shape index (κ1) is 22.9. The van der Waals surface area contributed by atoms with E-state index in [1.54, 1.807) is 23.1 Å². The summed E-state index contributed by atoms with van der Waals surface area (Å²) in [5.41, 5.74) is 1.50. The second kappa shape index (κ2) is 10.5. The van der Waals surface area contributed by atoms with E-state index in [1.807, 2.05) is 24.3 Å². The largest absolute Gasteiger partial charge is 0.493 e. The number of likely N-dealkylation sites (tertiary alicyclic amines) is 1. The number of carbonyl (C=O) groups excluding carboxylic acids is 2. The second-order valence-electron chi connectivity index (χ2n) is 7.23. The van der Waals surface area contributed by atoms with Crippen molar-refractivity contribution in [2.45, 2.75) is 31.3 Å². The summed E-state index contributed by atoms with van der Waals surface area (Å²) >= 11 is 2.22. The number of ether oxygens (including phenoxy) is 2. The topological polar surface area (TPSA) is 91.7 Å². The molecule has 1 N–H and O–H groups in total. The molecule has 1 saturated heterocycles. The quantitative estimate of drug-likeness (QED) is 0.552. The van der Waals surface area contributed by atoms with Gasteiger partial charge in [0.2, 0.25) is 11.8 Å². The SMILES string of the molecule is COc1ccc(C(C#N)NC(=O)[C@@H]2CCCN2C(=O)Cc2ccc(I)cc2)cc1OC. The summed E-state index contributed by atoms with van der Waals surface area (Å²) in [6.07, 6.45) is 1.58. The van der Waals surface area contributed by atoms with Gasteiger partial charge in [0, 0.05) is 10.1 Å². The van der Waals surface area contributed by atoms with E-state index in [9.17, 15) is 14.9 Å². The van der Waals surface area contributed by atoms with Gasteiger partial charge in [0.15, 0.2) is 11.5 Å². The molecule has 0 aliphatic carbocycles. The Morgan fingerprint density at radius 2 is 1.90 bits per heavy atom. The lowest BCUT2D eigenvalue weighted by Gasteiger charge is -2.25. The van der Waals surface area contributed by atoms with Gasteiger partial charge in [-0.05, 0) is 70.8 Å². The van der Waals surface area contributed by atoms with Crippen LogP contribution < -0.4 is 14.8 Å². The van der Waals surface area contributed by atoms with Gasteiger partial charge in [0.1, 0.15) is 12.1 Å². The molecule has 7 nitrogen and oxygen atoms in total. The zero-order valence-corrected chi connectivity index (χ0v) is 19.6. The lowest BCUT2D eigenvalue weighted by Crippen LogP contribution is -2.47. The molecular formula is C23H24IN3O4. The van der Waals surface area contributed by atoms with Crippen molar-refractivity contribution in [2.75, 3.05) is 20.8 Å². The molecular weight excluding hydrogens is 509 g/mol. The van der Waals surface area contributed by atoms with Crippen molar-refractivity contribution in [1.29, 1.82) is 5.26 Å². The number of rotatable bonds is 7. The van der Waals surface area contributed by atoms with Crippen molar-refractivity contribution >= 4 is 34.4 Å². The minimum absolute atomic E-state index is 0.0847. The van der Waals surface area contributed by atoms with Gasteiger partial charge >= 0.3 is 0 Å². The molecule has 8 heteroatoms. The number of methoxy groups -OCH3 is 2. The molecule has 1 aliphatic heterocycles. The monoisotopic (exact) mass is 533 g/mol. The summed E-state index contributed by atoms with van der Waals surface area (Å²) in [6.45, 7) is 0.537. The first-order valence-corrected chi connectivity index (χ1v) is 11.0. The van der Waals surface area contributed by atoms with E-state index < -0.39 is 12.1 Å². The molecule has 0 saturated carbocycles. The van der Waals surface area contributed by atoms with Gasteiger partial charge in [0.25, 0.3) is 0 Å². The zero-order chi connectivity index (χ0) is 22.4. The van der Waals surface area contributed by atoms with Crippen LogP contribution in [0, 0.1) is 14.9 Å². The van der Waals surface area contributed by atoms with Crippen LogP contribution in [0.2, 0.25) is 0 Å². The molecule has 2 amide bonds. The van der Waals surface area contributed by atoms with E-state index in [0.29, 0.717) is 30.0 Å². The molecule has 0 bridgehead atoms. The summed E-state index contributed by atoms with van der Waals surface area (Å²) in [6, 6.07) is 13.5. The molecule has 3 rings (SSSR count). The fraction of sp³-hybridized carbons (Fsp3) is 0.348. The van der Waals surface area contributed by atoms with Crippen molar-refractivity contribution in [2.24, 2.45) is 0 Å². The Kier molecular flexibility index (Phi) is 7.74. The van der Waals surface area contributed by atoms with Crippen LogP contribution in [0.3, 0.4) is 0 Å². The number of carbonyl (C=O) groups is 2. The third kappa shape index (κ3) is 5.47. The number of nitrogens with one attached hydrogen (secondary N) is 1. The van der Waals surface area contributed by atoms with Gasteiger partial charge < -0.3 is 19.7 Å². The highest BCUT2D eigenvalue weighted by Gasteiger charge is 2.35. The molecule has 162 valence electrons.